The molecule has 3 aromatic rings. The Morgan fingerprint density at radius 2 is 1.42 bits per heavy atom. The molecule has 0 aromatic heterocycles. The van der Waals surface area contributed by atoms with Crippen LogP contribution in [-0.4, -0.2) is 5.97 Å². The smallest absolute Gasteiger partial charge is 0.343 e. The maximum atomic E-state index is 12.2. The highest BCUT2D eigenvalue weighted by Crippen LogP contribution is 2.24. The van der Waals surface area contributed by atoms with Gasteiger partial charge in [-0.3, -0.25) is 0 Å². The highest BCUT2D eigenvalue weighted by Gasteiger charge is 2.10. The van der Waals surface area contributed by atoms with Gasteiger partial charge in [0.15, 0.2) is 0 Å². The van der Waals surface area contributed by atoms with Crippen molar-refractivity contribution >= 4 is 17.6 Å². The van der Waals surface area contributed by atoms with Gasteiger partial charge >= 0.3 is 5.97 Å². The van der Waals surface area contributed by atoms with Crippen LogP contribution < -0.4 is 4.74 Å². The van der Waals surface area contributed by atoms with Gasteiger partial charge in [0.05, 0.1) is 5.56 Å². The molecule has 0 spiro atoms. The number of hydrogen-bond acceptors (Lipinski definition) is 2. The Labute approximate surface area is 146 Å². The summed E-state index contributed by atoms with van der Waals surface area (Å²) in [6, 6.07) is 20.9. The van der Waals surface area contributed by atoms with E-state index < -0.39 is 5.97 Å². The molecule has 0 bridgehead atoms. The molecule has 0 N–H and O–H groups in total. The lowest BCUT2D eigenvalue weighted by molar-refractivity contribution is 0.0735. The zero-order valence-electron chi connectivity index (χ0n) is 13.5. The molecule has 0 saturated carbocycles. The second-order valence-corrected chi connectivity index (χ2v) is 6.15. The molecule has 3 rings (SSSR count). The first-order chi connectivity index (χ1) is 11.5. The van der Waals surface area contributed by atoms with Crippen molar-refractivity contribution in [3.8, 4) is 16.9 Å². The van der Waals surface area contributed by atoms with Crippen molar-refractivity contribution in [3.63, 3.8) is 0 Å². The summed E-state index contributed by atoms with van der Waals surface area (Å²) in [6.45, 7) is 3.95. The summed E-state index contributed by atoms with van der Waals surface area (Å²) in [4.78, 5) is 12.2. The predicted molar refractivity (Wildman–Crippen MR) is 97.8 cm³/mol. The van der Waals surface area contributed by atoms with Crippen LogP contribution in [0.4, 0.5) is 0 Å². The van der Waals surface area contributed by atoms with Gasteiger partial charge in [0.2, 0.25) is 0 Å². The molecule has 2 nitrogen and oxygen atoms in total. The number of carbonyl (C=O) groups excluding carboxylic acids is 1. The summed E-state index contributed by atoms with van der Waals surface area (Å²) in [5, 5.41) is 0.555. The van der Waals surface area contributed by atoms with Crippen LogP contribution in [0.2, 0.25) is 5.02 Å². The minimum atomic E-state index is -0.417. The van der Waals surface area contributed by atoms with E-state index in [0.717, 1.165) is 16.7 Å². The SMILES string of the molecule is Cc1ccc(-c2ccc(OC(=O)c3ccc(C)c(Cl)c3)cc2)cc1. The van der Waals surface area contributed by atoms with Gasteiger partial charge in [-0.05, 0) is 54.8 Å². The van der Waals surface area contributed by atoms with Crippen LogP contribution in [0.25, 0.3) is 11.1 Å². The predicted octanol–water partition coefficient (Wildman–Crippen LogP) is 5.84. The maximum Gasteiger partial charge on any atom is 0.343 e. The molecule has 0 aliphatic carbocycles. The fraction of sp³-hybridized carbons (Fsp3) is 0.0952. The average molecular weight is 337 g/mol. The van der Waals surface area contributed by atoms with Crippen LogP contribution in [0.5, 0.6) is 5.75 Å². The van der Waals surface area contributed by atoms with Crippen LogP contribution in [0.3, 0.4) is 0 Å². The van der Waals surface area contributed by atoms with Crippen molar-refractivity contribution < 1.29 is 9.53 Å². The number of benzene rings is 3. The summed E-state index contributed by atoms with van der Waals surface area (Å²) in [5.41, 5.74) is 4.79. The number of hydrogen-bond donors (Lipinski definition) is 0. The van der Waals surface area contributed by atoms with Gasteiger partial charge in [0.1, 0.15) is 5.75 Å². The van der Waals surface area contributed by atoms with E-state index in [1.807, 2.05) is 19.1 Å². The lowest BCUT2D eigenvalue weighted by Crippen LogP contribution is -2.08. The molecular formula is C21H17ClO2. The van der Waals surface area contributed by atoms with Gasteiger partial charge in [0.25, 0.3) is 0 Å². The summed E-state index contributed by atoms with van der Waals surface area (Å²) >= 11 is 6.05. The molecule has 120 valence electrons. The molecule has 0 atom stereocenters. The second kappa shape index (κ2) is 6.90. The monoisotopic (exact) mass is 336 g/mol. The highest BCUT2D eigenvalue weighted by molar-refractivity contribution is 6.31. The van der Waals surface area contributed by atoms with Crippen LogP contribution in [-0.2, 0) is 0 Å². The third-order valence-electron chi connectivity index (χ3n) is 3.86. The van der Waals surface area contributed by atoms with Crippen molar-refractivity contribution in [2.24, 2.45) is 0 Å². The first kappa shape index (κ1) is 16.3. The van der Waals surface area contributed by atoms with Crippen LogP contribution >= 0.6 is 11.6 Å². The van der Waals surface area contributed by atoms with Crippen LogP contribution in [0.1, 0.15) is 21.5 Å². The molecule has 0 heterocycles. The van der Waals surface area contributed by atoms with Crippen LogP contribution in [0.15, 0.2) is 66.7 Å². The first-order valence-electron chi connectivity index (χ1n) is 7.68. The van der Waals surface area contributed by atoms with E-state index in [4.69, 9.17) is 16.3 Å². The summed E-state index contributed by atoms with van der Waals surface area (Å²) < 4.78 is 5.41. The maximum absolute atomic E-state index is 12.2. The summed E-state index contributed by atoms with van der Waals surface area (Å²) in [7, 11) is 0. The Kier molecular flexibility index (Phi) is 4.68. The summed E-state index contributed by atoms with van der Waals surface area (Å²) in [5.74, 6) is 0.0903. The molecule has 3 heteroatoms. The zero-order chi connectivity index (χ0) is 17.1. The minimum Gasteiger partial charge on any atom is -0.423 e. The molecule has 0 aliphatic heterocycles. The summed E-state index contributed by atoms with van der Waals surface area (Å²) in [6.07, 6.45) is 0. The van der Waals surface area contributed by atoms with Crippen molar-refractivity contribution in [2.75, 3.05) is 0 Å². The zero-order valence-corrected chi connectivity index (χ0v) is 14.3. The molecule has 0 radical (unpaired) electrons. The Bertz CT molecular complexity index is 865. The third kappa shape index (κ3) is 3.66. The third-order valence-corrected chi connectivity index (χ3v) is 4.26. The normalized spacial score (nSPS) is 10.5. The topological polar surface area (TPSA) is 26.3 Å². The van der Waals surface area contributed by atoms with Crippen molar-refractivity contribution in [1.82, 2.24) is 0 Å². The van der Waals surface area contributed by atoms with E-state index >= 15 is 0 Å². The molecule has 0 fully saturated rings. The quantitative estimate of drug-likeness (QED) is 0.443. The first-order valence-corrected chi connectivity index (χ1v) is 8.06. The fourth-order valence-electron chi connectivity index (χ4n) is 2.35. The molecule has 0 amide bonds. The van der Waals surface area contributed by atoms with E-state index in [2.05, 4.69) is 31.2 Å². The standard InChI is InChI=1S/C21H17ClO2/c1-14-3-6-16(7-4-14)17-9-11-19(12-10-17)24-21(23)18-8-5-15(2)20(22)13-18/h3-13H,1-2H3. The Balaban J connectivity index is 1.75. The van der Waals surface area contributed by atoms with Gasteiger partial charge in [-0.2, -0.15) is 0 Å². The van der Waals surface area contributed by atoms with E-state index in [1.54, 1.807) is 30.3 Å². The number of esters is 1. The molecule has 24 heavy (non-hydrogen) atoms. The van der Waals surface area contributed by atoms with Crippen molar-refractivity contribution in [3.05, 3.63) is 88.4 Å². The Morgan fingerprint density at radius 1 is 0.833 bits per heavy atom. The lowest BCUT2D eigenvalue weighted by Gasteiger charge is -2.07. The number of aryl methyl sites for hydroxylation is 2. The number of carbonyl (C=O) groups is 1. The molecular weight excluding hydrogens is 320 g/mol. The van der Waals surface area contributed by atoms with E-state index in [9.17, 15) is 4.79 Å². The van der Waals surface area contributed by atoms with Gasteiger partial charge in [-0.1, -0.05) is 59.6 Å². The number of rotatable bonds is 3. The number of ether oxygens (including phenoxy) is 1. The Morgan fingerprint density at radius 3 is 2.00 bits per heavy atom. The van der Waals surface area contributed by atoms with Crippen molar-refractivity contribution in [1.29, 1.82) is 0 Å². The molecule has 0 saturated heterocycles. The van der Waals surface area contributed by atoms with E-state index in [1.165, 1.54) is 5.56 Å². The molecule has 0 aliphatic rings. The minimum absolute atomic E-state index is 0.417. The van der Waals surface area contributed by atoms with Crippen molar-refractivity contribution in [2.45, 2.75) is 13.8 Å². The number of halogens is 1. The molecule has 3 aromatic carbocycles. The average Bonchev–Trinajstić information content (AvgIpc) is 2.59. The Hall–Kier alpha value is -2.58. The highest BCUT2D eigenvalue weighted by atomic mass is 35.5. The van der Waals surface area contributed by atoms with E-state index in [0.29, 0.717) is 16.3 Å². The van der Waals surface area contributed by atoms with Gasteiger partial charge in [-0.15, -0.1) is 0 Å². The largest absolute Gasteiger partial charge is 0.423 e. The fourth-order valence-corrected chi connectivity index (χ4v) is 2.53. The lowest BCUT2D eigenvalue weighted by atomic mass is 10.0. The van der Waals surface area contributed by atoms with Gasteiger partial charge < -0.3 is 4.74 Å². The van der Waals surface area contributed by atoms with Gasteiger partial charge in [-0.25, -0.2) is 4.79 Å². The van der Waals surface area contributed by atoms with Gasteiger partial charge in [0, 0.05) is 5.02 Å². The van der Waals surface area contributed by atoms with E-state index in [-0.39, 0.29) is 0 Å². The van der Waals surface area contributed by atoms with Crippen LogP contribution in [0, 0.1) is 13.8 Å². The molecule has 0 unspecified atom stereocenters. The second-order valence-electron chi connectivity index (χ2n) is 5.74.